The molecule has 0 unspecified atom stereocenters. The molecule has 0 fully saturated rings. The summed E-state index contributed by atoms with van der Waals surface area (Å²) in [5.41, 5.74) is 3.70. The van der Waals surface area contributed by atoms with Crippen molar-refractivity contribution in [2.24, 2.45) is 0 Å². The van der Waals surface area contributed by atoms with E-state index >= 15 is 0 Å². The summed E-state index contributed by atoms with van der Waals surface area (Å²) in [7, 11) is -3.96. The summed E-state index contributed by atoms with van der Waals surface area (Å²) in [6.45, 7) is 5.87. The van der Waals surface area contributed by atoms with Crippen LogP contribution in [0, 0.1) is 20.8 Å². The topological polar surface area (TPSA) is 119 Å². The van der Waals surface area contributed by atoms with Gasteiger partial charge in [0.25, 0.3) is 0 Å². The fraction of sp³-hybridized carbons (Fsp3) is 0.286. The van der Waals surface area contributed by atoms with Crippen LogP contribution in [0.5, 0.6) is 0 Å². The van der Waals surface area contributed by atoms with Crippen LogP contribution in [0.1, 0.15) is 34.0 Å². The molecular formula is C21H24N2O6S. The van der Waals surface area contributed by atoms with Crippen LogP contribution in [-0.2, 0) is 24.3 Å². The second-order valence-electron chi connectivity index (χ2n) is 6.87. The van der Waals surface area contributed by atoms with E-state index in [0.717, 1.165) is 16.7 Å². The molecule has 0 atom stereocenters. The van der Waals surface area contributed by atoms with Gasteiger partial charge in [-0.1, -0.05) is 6.07 Å². The van der Waals surface area contributed by atoms with Gasteiger partial charge in [-0.05, 0) is 67.8 Å². The Morgan fingerprint density at radius 2 is 1.53 bits per heavy atom. The summed E-state index contributed by atoms with van der Waals surface area (Å²) >= 11 is 0. The fourth-order valence-electron chi connectivity index (χ4n) is 2.69. The van der Waals surface area contributed by atoms with Gasteiger partial charge in [-0.25, -0.2) is 8.42 Å². The van der Waals surface area contributed by atoms with Gasteiger partial charge in [0, 0.05) is 18.2 Å². The van der Waals surface area contributed by atoms with E-state index in [1.807, 2.05) is 19.9 Å². The number of Topliss-reactive ketones (excluding diaryl/α,β-unsaturated/α-hetero) is 1. The van der Waals surface area contributed by atoms with Crippen molar-refractivity contribution in [1.29, 1.82) is 0 Å². The molecule has 0 bridgehead atoms. The molecule has 0 aliphatic heterocycles. The molecule has 160 valence electrons. The molecule has 0 saturated carbocycles. The van der Waals surface area contributed by atoms with Gasteiger partial charge >= 0.3 is 5.97 Å². The number of hydrogen-bond donors (Lipinski definition) is 2. The van der Waals surface area contributed by atoms with E-state index < -0.39 is 29.1 Å². The number of carbonyl (C=O) groups excluding carboxylic acids is 3. The van der Waals surface area contributed by atoms with Crippen LogP contribution in [0.25, 0.3) is 0 Å². The van der Waals surface area contributed by atoms with Crippen LogP contribution in [0.15, 0.2) is 41.3 Å². The average molecular weight is 432 g/mol. The summed E-state index contributed by atoms with van der Waals surface area (Å²) in [4.78, 5) is 35.1. The van der Waals surface area contributed by atoms with E-state index in [1.54, 1.807) is 13.0 Å². The van der Waals surface area contributed by atoms with Crippen LogP contribution < -0.4 is 10.0 Å². The zero-order chi connectivity index (χ0) is 22.5. The van der Waals surface area contributed by atoms with Crippen LogP contribution in [-0.4, -0.2) is 39.2 Å². The molecule has 9 heteroatoms. The second-order valence-corrected chi connectivity index (χ2v) is 8.63. The van der Waals surface area contributed by atoms with E-state index in [4.69, 9.17) is 4.74 Å². The Hall–Kier alpha value is -3.04. The number of amides is 1. The standard InChI is InChI=1S/C21H24N2O6S/c1-13-9-15(3)19(10-14(13)2)20(25)12-29-21(26)11-22-30(27,28)18-7-5-17(6-8-18)23-16(4)24/h5-10,22H,11-12H2,1-4H3,(H,23,24). The quantitative estimate of drug-likeness (QED) is 0.488. The van der Waals surface area contributed by atoms with Crippen LogP contribution in [0.2, 0.25) is 0 Å². The summed E-state index contributed by atoms with van der Waals surface area (Å²) < 4.78 is 31.6. The normalized spacial score (nSPS) is 11.1. The highest BCUT2D eigenvalue weighted by Gasteiger charge is 2.18. The van der Waals surface area contributed by atoms with Gasteiger partial charge in [0.05, 0.1) is 4.90 Å². The van der Waals surface area contributed by atoms with Crippen molar-refractivity contribution < 1.29 is 27.5 Å². The van der Waals surface area contributed by atoms with Gasteiger partial charge in [0.2, 0.25) is 21.7 Å². The third-order valence-corrected chi connectivity index (χ3v) is 5.81. The summed E-state index contributed by atoms with van der Waals surface area (Å²) in [6, 6.07) is 9.08. The predicted molar refractivity (Wildman–Crippen MR) is 112 cm³/mol. The zero-order valence-corrected chi connectivity index (χ0v) is 18.1. The first-order valence-corrected chi connectivity index (χ1v) is 10.6. The zero-order valence-electron chi connectivity index (χ0n) is 17.2. The van der Waals surface area contributed by atoms with Gasteiger partial charge in [-0.2, -0.15) is 4.72 Å². The molecule has 8 nitrogen and oxygen atoms in total. The molecule has 0 aromatic heterocycles. The molecule has 2 rings (SSSR count). The highest BCUT2D eigenvalue weighted by atomic mass is 32.2. The Morgan fingerprint density at radius 1 is 0.933 bits per heavy atom. The molecule has 2 aromatic carbocycles. The lowest BCUT2D eigenvalue weighted by molar-refractivity contribution is -0.141. The Bertz CT molecular complexity index is 1080. The molecule has 2 aromatic rings. The number of hydrogen-bond acceptors (Lipinski definition) is 6. The summed E-state index contributed by atoms with van der Waals surface area (Å²) in [6.07, 6.45) is 0. The first-order chi connectivity index (χ1) is 14.0. The third-order valence-electron chi connectivity index (χ3n) is 4.40. The monoisotopic (exact) mass is 432 g/mol. The lowest BCUT2D eigenvalue weighted by atomic mass is 9.98. The van der Waals surface area contributed by atoms with Gasteiger partial charge in [0.15, 0.2) is 6.61 Å². The Morgan fingerprint density at radius 3 is 2.13 bits per heavy atom. The van der Waals surface area contributed by atoms with Crippen LogP contribution in [0.3, 0.4) is 0 Å². The molecule has 30 heavy (non-hydrogen) atoms. The van der Waals surface area contributed by atoms with Crippen molar-refractivity contribution in [3.8, 4) is 0 Å². The maximum atomic E-state index is 12.3. The maximum absolute atomic E-state index is 12.3. The molecule has 1 amide bonds. The largest absolute Gasteiger partial charge is 0.456 e. The van der Waals surface area contributed by atoms with Crippen molar-refractivity contribution in [2.75, 3.05) is 18.5 Å². The Kier molecular flexibility index (Phi) is 7.47. The Labute approximate surface area is 175 Å². The minimum Gasteiger partial charge on any atom is -0.456 e. The number of nitrogens with one attached hydrogen (secondary N) is 2. The van der Waals surface area contributed by atoms with Gasteiger partial charge in [-0.15, -0.1) is 0 Å². The molecule has 0 saturated heterocycles. The number of ether oxygens (including phenoxy) is 1. The first-order valence-electron chi connectivity index (χ1n) is 9.13. The molecule has 2 N–H and O–H groups in total. The minimum atomic E-state index is -3.96. The van der Waals surface area contributed by atoms with Gasteiger partial charge in [-0.3, -0.25) is 14.4 Å². The molecule has 0 heterocycles. The fourth-order valence-corrected chi connectivity index (χ4v) is 3.66. The number of ketones is 1. The van der Waals surface area contributed by atoms with E-state index in [9.17, 15) is 22.8 Å². The number of aryl methyl sites for hydroxylation is 3. The highest BCUT2D eigenvalue weighted by molar-refractivity contribution is 7.89. The first kappa shape index (κ1) is 23.2. The molecular weight excluding hydrogens is 408 g/mol. The smallest absolute Gasteiger partial charge is 0.321 e. The van der Waals surface area contributed by atoms with Crippen LogP contribution >= 0.6 is 0 Å². The lowest BCUT2D eigenvalue weighted by Crippen LogP contribution is -2.31. The number of rotatable bonds is 8. The number of benzene rings is 2. The minimum absolute atomic E-state index is 0.0776. The van der Waals surface area contributed by atoms with Gasteiger partial charge < -0.3 is 10.1 Å². The van der Waals surface area contributed by atoms with Crippen molar-refractivity contribution in [1.82, 2.24) is 4.72 Å². The Balaban J connectivity index is 1.91. The van der Waals surface area contributed by atoms with E-state index in [0.29, 0.717) is 11.3 Å². The van der Waals surface area contributed by atoms with E-state index in [1.165, 1.54) is 31.2 Å². The maximum Gasteiger partial charge on any atom is 0.321 e. The lowest BCUT2D eigenvalue weighted by Gasteiger charge is -2.10. The number of esters is 1. The molecule has 0 aliphatic rings. The third kappa shape index (κ3) is 6.23. The van der Waals surface area contributed by atoms with E-state index in [2.05, 4.69) is 10.0 Å². The SMILES string of the molecule is CC(=O)Nc1ccc(S(=O)(=O)NCC(=O)OCC(=O)c2cc(C)c(C)cc2C)cc1. The molecule has 0 radical (unpaired) electrons. The predicted octanol–water partition coefficient (Wildman–Crippen LogP) is 2.27. The number of anilines is 1. The van der Waals surface area contributed by atoms with Crippen molar-refractivity contribution in [3.05, 3.63) is 58.7 Å². The second kappa shape index (κ2) is 9.64. The molecule has 0 spiro atoms. The average Bonchev–Trinajstić information content (AvgIpc) is 2.67. The number of sulfonamides is 1. The highest BCUT2D eigenvalue weighted by Crippen LogP contribution is 2.16. The van der Waals surface area contributed by atoms with Crippen molar-refractivity contribution in [2.45, 2.75) is 32.6 Å². The summed E-state index contributed by atoms with van der Waals surface area (Å²) in [5, 5.41) is 2.52. The summed E-state index contributed by atoms with van der Waals surface area (Å²) in [5.74, 6) is -1.51. The molecule has 0 aliphatic carbocycles. The van der Waals surface area contributed by atoms with Gasteiger partial charge in [0.1, 0.15) is 6.54 Å². The van der Waals surface area contributed by atoms with Crippen LogP contribution in [0.4, 0.5) is 5.69 Å². The van der Waals surface area contributed by atoms with E-state index in [-0.39, 0.29) is 16.6 Å². The van der Waals surface area contributed by atoms with Crippen molar-refractivity contribution >= 4 is 33.4 Å². The number of carbonyl (C=O) groups is 3. The van der Waals surface area contributed by atoms with Crippen molar-refractivity contribution in [3.63, 3.8) is 0 Å².